The van der Waals surface area contributed by atoms with Crippen LogP contribution in [0.1, 0.15) is 34.8 Å². The minimum Gasteiger partial charge on any atom is -0.366 e. The number of carbonyl (C=O) groups excluding carboxylic acids is 1. The van der Waals surface area contributed by atoms with Gasteiger partial charge in [-0.15, -0.1) is 0 Å². The third-order valence-electron chi connectivity index (χ3n) is 3.74. The smallest absolute Gasteiger partial charge is 0.250 e. The fourth-order valence-corrected chi connectivity index (χ4v) is 2.73. The van der Waals surface area contributed by atoms with Gasteiger partial charge in [-0.25, -0.2) is 0 Å². The van der Waals surface area contributed by atoms with E-state index in [1.807, 2.05) is 30.3 Å². The number of pyridine rings is 1. The molecule has 1 amide bonds. The molecule has 0 atom stereocenters. The molecule has 1 aliphatic rings. The van der Waals surface area contributed by atoms with Crippen LogP contribution in [0.15, 0.2) is 30.3 Å². The zero-order valence-corrected chi connectivity index (χ0v) is 10.7. The van der Waals surface area contributed by atoms with Crippen molar-refractivity contribution >= 4 is 16.8 Å². The third kappa shape index (κ3) is 2.31. The Labute approximate surface area is 112 Å². The van der Waals surface area contributed by atoms with E-state index in [-0.39, 0.29) is 5.91 Å². The van der Waals surface area contributed by atoms with Crippen molar-refractivity contribution in [1.29, 1.82) is 0 Å². The van der Waals surface area contributed by atoms with Crippen molar-refractivity contribution in [1.82, 2.24) is 10.3 Å². The number of nitrogens with zero attached hydrogens (tertiary/aromatic N) is 1. The molecule has 0 bridgehead atoms. The molecule has 3 N–H and O–H groups in total. The van der Waals surface area contributed by atoms with E-state index in [0.29, 0.717) is 11.5 Å². The Morgan fingerprint density at radius 1 is 1.26 bits per heavy atom. The van der Waals surface area contributed by atoms with Gasteiger partial charge in [-0.05, 0) is 38.1 Å². The molecule has 98 valence electrons. The molecule has 0 radical (unpaired) electrons. The maximum atomic E-state index is 11.7. The van der Waals surface area contributed by atoms with Crippen molar-refractivity contribution in [3.8, 4) is 0 Å². The first-order valence-corrected chi connectivity index (χ1v) is 6.66. The number of nitrogens with one attached hydrogen (secondary N) is 1. The van der Waals surface area contributed by atoms with E-state index >= 15 is 0 Å². The van der Waals surface area contributed by atoms with Gasteiger partial charge in [-0.2, -0.15) is 0 Å². The fourth-order valence-electron chi connectivity index (χ4n) is 2.73. The number of carbonyl (C=O) groups is 1. The third-order valence-corrected chi connectivity index (χ3v) is 3.74. The summed E-state index contributed by atoms with van der Waals surface area (Å²) in [5.74, 6) is -0.0554. The lowest BCUT2D eigenvalue weighted by Crippen LogP contribution is -2.28. The molecule has 1 aromatic carbocycles. The average Bonchev–Trinajstić information content (AvgIpc) is 2.46. The van der Waals surface area contributed by atoms with E-state index in [2.05, 4.69) is 5.32 Å². The van der Waals surface area contributed by atoms with Gasteiger partial charge in [-0.3, -0.25) is 9.78 Å². The standard InChI is InChI=1S/C15H17N3O/c16-15(19)12-9-11-3-1-2-4-13(11)18-14(12)10-5-7-17-8-6-10/h1-4,9-10,17H,5-8H2,(H2,16,19). The summed E-state index contributed by atoms with van der Waals surface area (Å²) >= 11 is 0. The SMILES string of the molecule is NC(=O)c1cc2ccccc2nc1C1CCNCC1. The van der Waals surface area contributed by atoms with E-state index in [1.54, 1.807) is 0 Å². The van der Waals surface area contributed by atoms with Crippen molar-refractivity contribution in [2.24, 2.45) is 5.73 Å². The highest BCUT2D eigenvalue weighted by Gasteiger charge is 2.22. The lowest BCUT2D eigenvalue weighted by atomic mass is 9.90. The van der Waals surface area contributed by atoms with Crippen molar-refractivity contribution in [3.05, 3.63) is 41.6 Å². The number of para-hydroxylation sites is 1. The Morgan fingerprint density at radius 3 is 2.74 bits per heavy atom. The number of rotatable bonds is 2. The first kappa shape index (κ1) is 12.1. The van der Waals surface area contributed by atoms with E-state index in [9.17, 15) is 4.79 Å². The largest absolute Gasteiger partial charge is 0.366 e. The van der Waals surface area contributed by atoms with Crippen LogP contribution in [-0.2, 0) is 0 Å². The Hall–Kier alpha value is -1.94. The second-order valence-corrected chi connectivity index (χ2v) is 5.00. The minimum absolute atomic E-state index is 0.327. The molecule has 0 aliphatic carbocycles. The van der Waals surface area contributed by atoms with Crippen molar-refractivity contribution in [2.75, 3.05) is 13.1 Å². The van der Waals surface area contributed by atoms with Crippen LogP contribution in [0.3, 0.4) is 0 Å². The molecule has 1 aromatic heterocycles. The van der Waals surface area contributed by atoms with Crippen LogP contribution in [-0.4, -0.2) is 24.0 Å². The predicted octanol–water partition coefficient (Wildman–Crippen LogP) is 1.80. The maximum absolute atomic E-state index is 11.7. The summed E-state index contributed by atoms with van der Waals surface area (Å²) in [5, 5.41) is 4.29. The Morgan fingerprint density at radius 2 is 2.00 bits per heavy atom. The van der Waals surface area contributed by atoms with Gasteiger partial charge in [0.15, 0.2) is 0 Å². The topological polar surface area (TPSA) is 68.0 Å². The number of piperidine rings is 1. The van der Waals surface area contributed by atoms with Gasteiger partial charge < -0.3 is 11.1 Å². The molecule has 19 heavy (non-hydrogen) atoms. The molecule has 0 saturated carbocycles. The number of amides is 1. The van der Waals surface area contributed by atoms with Gasteiger partial charge in [0.2, 0.25) is 0 Å². The summed E-state index contributed by atoms with van der Waals surface area (Å²) in [6.45, 7) is 1.94. The molecular formula is C15H17N3O. The zero-order chi connectivity index (χ0) is 13.2. The van der Waals surface area contributed by atoms with Crippen molar-refractivity contribution in [3.63, 3.8) is 0 Å². The number of hydrogen-bond donors (Lipinski definition) is 2. The minimum atomic E-state index is -0.383. The Kier molecular flexibility index (Phi) is 3.17. The van der Waals surface area contributed by atoms with E-state index in [1.165, 1.54) is 0 Å². The van der Waals surface area contributed by atoms with Crippen LogP contribution in [0.25, 0.3) is 10.9 Å². The first-order valence-electron chi connectivity index (χ1n) is 6.66. The predicted molar refractivity (Wildman–Crippen MR) is 75.1 cm³/mol. The summed E-state index contributed by atoms with van der Waals surface area (Å²) in [6, 6.07) is 9.72. The lowest BCUT2D eigenvalue weighted by molar-refractivity contribution is 0.0998. The summed E-state index contributed by atoms with van der Waals surface area (Å²) in [7, 11) is 0. The van der Waals surface area contributed by atoms with Gasteiger partial charge in [-0.1, -0.05) is 18.2 Å². The molecule has 1 fully saturated rings. The van der Waals surface area contributed by atoms with E-state index in [4.69, 9.17) is 10.7 Å². The highest BCUT2D eigenvalue weighted by molar-refractivity contribution is 5.97. The van der Waals surface area contributed by atoms with Gasteiger partial charge in [0, 0.05) is 11.3 Å². The van der Waals surface area contributed by atoms with Crippen LogP contribution in [0.2, 0.25) is 0 Å². The molecule has 0 spiro atoms. The van der Waals surface area contributed by atoms with E-state index in [0.717, 1.165) is 42.5 Å². The summed E-state index contributed by atoms with van der Waals surface area (Å²) < 4.78 is 0. The Bertz CT molecular complexity index is 618. The zero-order valence-electron chi connectivity index (χ0n) is 10.7. The highest BCUT2D eigenvalue weighted by atomic mass is 16.1. The lowest BCUT2D eigenvalue weighted by Gasteiger charge is -2.23. The van der Waals surface area contributed by atoms with Crippen LogP contribution in [0.5, 0.6) is 0 Å². The van der Waals surface area contributed by atoms with E-state index < -0.39 is 0 Å². The number of nitrogens with two attached hydrogens (primary N) is 1. The second-order valence-electron chi connectivity index (χ2n) is 5.00. The Balaban J connectivity index is 2.14. The summed E-state index contributed by atoms with van der Waals surface area (Å²) in [5.41, 5.74) is 7.89. The van der Waals surface area contributed by atoms with Crippen LogP contribution < -0.4 is 11.1 Å². The molecule has 0 unspecified atom stereocenters. The molecular weight excluding hydrogens is 238 g/mol. The van der Waals surface area contributed by atoms with Gasteiger partial charge in [0.05, 0.1) is 16.8 Å². The van der Waals surface area contributed by atoms with Crippen molar-refractivity contribution < 1.29 is 4.79 Å². The molecule has 2 heterocycles. The monoisotopic (exact) mass is 255 g/mol. The summed E-state index contributed by atoms with van der Waals surface area (Å²) in [6.07, 6.45) is 2.01. The normalized spacial score (nSPS) is 16.6. The quantitative estimate of drug-likeness (QED) is 0.859. The number of primary amides is 1. The number of fused-ring (bicyclic) bond motifs is 1. The first-order chi connectivity index (χ1) is 9.25. The van der Waals surface area contributed by atoms with Crippen LogP contribution in [0.4, 0.5) is 0 Å². The van der Waals surface area contributed by atoms with Crippen LogP contribution >= 0.6 is 0 Å². The fraction of sp³-hybridized carbons (Fsp3) is 0.333. The number of aromatic nitrogens is 1. The van der Waals surface area contributed by atoms with Crippen molar-refractivity contribution in [2.45, 2.75) is 18.8 Å². The highest BCUT2D eigenvalue weighted by Crippen LogP contribution is 2.28. The molecule has 1 saturated heterocycles. The average molecular weight is 255 g/mol. The molecule has 1 aliphatic heterocycles. The number of hydrogen-bond acceptors (Lipinski definition) is 3. The molecule has 4 nitrogen and oxygen atoms in total. The maximum Gasteiger partial charge on any atom is 0.250 e. The number of benzene rings is 1. The van der Waals surface area contributed by atoms with Gasteiger partial charge in [0.1, 0.15) is 0 Å². The van der Waals surface area contributed by atoms with Gasteiger partial charge in [0.25, 0.3) is 5.91 Å². The second kappa shape index (κ2) is 4.97. The van der Waals surface area contributed by atoms with Crippen LogP contribution in [0, 0.1) is 0 Å². The molecule has 4 heteroatoms. The molecule has 3 rings (SSSR count). The molecule has 2 aromatic rings. The van der Waals surface area contributed by atoms with Gasteiger partial charge >= 0.3 is 0 Å². The summed E-state index contributed by atoms with van der Waals surface area (Å²) in [4.78, 5) is 16.4.